The Morgan fingerprint density at radius 2 is 1.85 bits per heavy atom. The third-order valence-electron chi connectivity index (χ3n) is 2.72. The van der Waals surface area contributed by atoms with Gasteiger partial charge in [0.05, 0.1) is 32.2 Å². The summed E-state index contributed by atoms with van der Waals surface area (Å²) in [6, 6.07) is 1.56. The van der Waals surface area contributed by atoms with Crippen LogP contribution < -0.4 is 10.6 Å². The number of rotatable bonds is 8. The molecule has 1 rings (SSSR count). The third kappa shape index (κ3) is 4.36. The second kappa shape index (κ2) is 8.34. The summed E-state index contributed by atoms with van der Waals surface area (Å²) < 4.78 is 14.9. The van der Waals surface area contributed by atoms with Crippen molar-refractivity contribution in [2.24, 2.45) is 0 Å². The Morgan fingerprint density at radius 3 is 2.35 bits per heavy atom. The summed E-state index contributed by atoms with van der Waals surface area (Å²) in [5, 5.41) is 0. The highest BCUT2D eigenvalue weighted by atomic mass is 16.5. The normalized spacial score (nSPS) is 10.3. The Hall–Kier alpha value is -1.86. The summed E-state index contributed by atoms with van der Waals surface area (Å²) >= 11 is 0. The average Bonchev–Trinajstić information content (AvgIpc) is 2.47. The number of nitrogen functional groups attached to an aromatic ring is 1. The summed E-state index contributed by atoms with van der Waals surface area (Å²) in [6.07, 6.45) is 1.51. The highest BCUT2D eigenvalue weighted by molar-refractivity contribution is 5.95. The van der Waals surface area contributed by atoms with Crippen molar-refractivity contribution < 1.29 is 19.0 Å². The summed E-state index contributed by atoms with van der Waals surface area (Å²) in [7, 11) is 4.56. The lowest BCUT2D eigenvalue weighted by Gasteiger charge is -2.24. The van der Waals surface area contributed by atoms with Gasteiger partial charge in [-0.1, -0.05) is 0 Å². The molecule has 0 radical (unpaired) electrons. The van der Waals surface area contributed by atoms with Gasteiger partial charge >= 0.3 is 5.97 Å². The molecule has 0 spiro atoms. The van der Waals surface area contributed by atoms with E-state index in [9.17, 15) is 4.79 Å². The van der Waals surface area contributed by atoms with E-state index in [2.05, 4.69) is 4.98 Å². The maximum absolute atomic E-state index is 11.8. The van der Waals surface area contributed by atoms with Crippen molar-refractivity contribution in [2.75, 3.05) is 58.3 Å². The molecule has 0 fully saturated rings. The minimum Gasteiger partial charge on any atom is -0.465 e. The standard InChI is InChI=1S/C13H21N3O4/c1-18-6-4-16(5-7-19-2)12-11(13(17)20-3)8-10(14)9-15-12/h8-9H,4-7,14H2,1-3H3. The van der Waals surface area contributed by atoms with Crippen molar-refractivity contribution >= 4 is 17.5 Å². The SMILES string of the molecule is COCCN(CCOC)c1ncc(N)cc1C(=O)OC. The largest absolute Gasteiger partial charge is 0.465 e. The molecule has 0 saturated carbocycles. The van der Waals surface area contributed by atoms with E-state index in [1.165, 1.54) is 13.3 Å². The van der Waals surface area contributed by atoms with Crippen molar-refractivity contribution in [1.82, 2.24) is 4.98 Å². The lowest BCUT2D eigenvalue weighted by atomic mass is 10.2. The van der Waals surface area contributed by atoms with Gasteiger partial charge in [-0.25, -0.2) is 9.78 Å². The topological polar surface area (TPSA) is 86.9 Å². The maximum Gasteiger partial charge on any atom is 0.341 e. The van der Waals surface area contributed by atoms with E-state index >= 15 is 0 Å². The molecule has 0 atom stereocenters. The van der Waals surface area contributed by atoms with Crippen LogP contribution in [0.3, 0.4) is 0 Å². The molecule has 0 aliphatic heterocycles. The molecule has 0 unspecified atom stereocenters. The van der Waals surface area contributed by atoms with Crippen LogP contribution in [0.25, 0.3) is 0 Å². The molecule has 20 heavy (non-hydrogen) atoms. The van der Waals surface area contributed by atoms with E-state index in [1.54, 1.807) is 20.3 Å². The predicted molar refractivity (Wildman–Crippen MR) is 76.0 cm³/mol. The Kier molecular flexibility index (Phi) is 6.75. The van der Waals surface area contributed by atoms with E-state index in [0.717, 1.165) is 0 Å². The van der Waals surface area contributed by atoms with Gasteiger partial charge in [0.25, 0.3) is 0 Å². The van der Waals surface area contributed by atoms with E-state index in [4.69, 9.17) is 19.9 Å². The number of ether oxygens (including phenoxy) is 3. The van der Waals surface area contributed by atoms with Crippen molar-refractivity contribution in [3.63, 3.8) is 0 Å². The Balaban J connectivity index is 3.06. The van der Waals surface area contributed by atoms with Gasteiger partial charge in [0.15, 0.2) is 0 Å². The maximum atomic E-state index is 11.8. The summed E-state index contributed by atoms with van der Waals surface area (Å²) in [6.45, 7) is 2.19. The molecular weight excluding hydrogens is 262 g/mol. The number of nitrogens with zero attached hydrogens (tertiary/aromatic N) is 2. The molecule has 0 aliphatic carbocycles. The van der Waals surface area contributed by atoms with Gasteiger partial charge in [-0.3, -0.25) is 0 Å². The van der Waals surface area contributed by atoms with Gasteiger partial charge in [0, 0.05) is 27.3 Å². The molecule has 7 nitrogen and oxygen atoms in total. The van der Waals surface area contributed by atoms with Gasteiger partial charge in [-0.15, -0.1) is 0 Å². The fourth-order valence-electron chi connectivity index (χ4n) is 1.71. The van der Waals surface area contributed by atoms with E-state index in [-0.39, 0.29) is 0 Å². The van der Waals surface area contributed by atoms with Crippen LogP contribution in [0.4, 0.5) is 11.5 Å². The van der Waals surface area contributed by atoms with E-state index in [0.29, 0.717) is 43.4 Å². The van der Waals surface area contributed by atoms with E-state index in [1.807, 2.05) is 4.90 Å². The molecule has 1 aromatic rings. The van der Waals surface area contributed by atoms with Crippen LogP contribution in [-0.4, -0.2) is 58.6 Å². The highest BCUT2D eigenvalue weighted by Crippen LogP contribution is 2.20. The first-order valence-corrected chi connectivity index (χ1v) is 6.20. The molecule has 0 bridgehead atoms. The molecule has 0 saturated heterocycles. The number of pyridine rings is 1. The first kappa shape index (κ1) is 16.2. The first-order valence-electron chi connectivity index (χ1n) is 6.20. The molecular formula is C13H21N3O4. The van der Waals surface area contributed by atoms with Crippen LogP contribution in [0, 0.1) is 0 Å². The quantitative estimate of drug-likeness (QED) is 0.697. The zero-order valence-corrected chi connectivity index (χ0v) is 12.1. The molecule has 1 heterocycles. The lowest BCUT2D eigenvalue weighted by Crippen LogP contribution is -2.33. The zero-order chi connectivity index (χ0) is 15.0. The average molecular weight is 283 g/mol. The minimum absolute atomic E-state index is 0.333. The number of hydrogen-bond acceptors (Lipinski definition) is 7. The fraction of sp³-hybridized carbons (Fsp3) is 0.538. The van der Waals surface area contributed by atoms with Crippen LogP contribution in [-0.2, 0) is 14.2 Å². The van der Waals surface area contributed by atoms with Crippen LogP contribution >= 0.6 is 0 Å². The minimum atomic E-state index is -0.473. The number of carbonyl (C=O) groups is 1. The summed E-state index contributed by atoms with van der Waals surface area (Å²) in [5.74, 6) is 0.0415. The number of aromatic nitrogens is 1. The number of nitrogens with two attached hydrogens (primary N) is 1. The van der Waals surface area contributed by atoms with Crippen molar-refractivity contribution in [1.29, 1.82) is 0 Å². The highest BCUT2D eigenvalue weighted by Gasteiger charge is 2.19. The molecule has 2 N–H and O–H groups in total. The van der Waals surface area contributed by atoms with Gasteiger partial charge in [0.1, 0.15) is 11.4 Å². The third-order valence-corrected chi connectivity index (χ3v) is 2.72. The lowest BCUT2D eigenvalue weighted by molar-refractivity contribution is 0.0600. The fourth-order valence-corrected chi connectivity index (χ4v) is 1.71. The predicted octanol–water partition coefficient (Wildman–Crippen LogP) is 0.550. The van der Waals surface area contributed by atoms with E-state index < -0.39 is 5.97 Å². The van der Waals surface area contributed by atoms with Crippen molar-refractivity contribution in [3.05, 3.63) is 17.8 Å². The second-order valence-electron chi connectivity index (χ2n) is 4.10. The number of methoxy groups -OCH3 is 3. The molecule has 0 aromatic carbocycles. The Bertz CT molecular complexity index is 432. The van der Waals surface area contributed by atoms with Crippen LogP contribution in [0.2, 0.25) is 0 Å². The van der Waals surface area contributed by atoms with Crippen molar-refractivity contribution in [3.8, 4) is 0 Å². The van der Waals surface area contributed by atoms with Crippen molar-refractivity contribution in [2.45, 2.75) is 0 Å². The number of anilines is 2. The van der Waals surface area contributed by atoms with Gasteiger partial charge in [0.2, 0.25) is 0 Å². The molecule has 0 amide bonds. The number of esters is 1. The second-order valence-corrected chi connectivity index (χ2v) is 4.10. The molecule has 1 aromatic heterocycles. The van der Waals surface area contributed by atoms with Gasteiger partial charge < -0.3 is 24.8 Å². The van der Waals surface area contributed by atoms with Crippen LogP contribution in [0.5, 0.6) is 0 Å². The Morgan fingerprint density at radius 1 is 1.25 bits per heavy atom. The van der Waals surface area contributed by atoms with Crippen LogP contribution in [0.15, 0.2) is 12.3 Å². The molecule has 0 aliphatic rings. The number of hydrogen-bond donors (Lipinski definition) is 1. The smallest absolute Gasteiger partial charge is 0.341 e. The summed E-state index contributed by atoms with van der Waals surface area (Å²) in [4.78, 5) is 18.0. The summed E-state index contributed by atoms with van der Waals surface area (Å²) in [5.41, 5.74) is 6.43. The first-order chi connectivity index (χ1) is 9.63. The van der Waals surface area contributed by atoms with Crippen LogP contribution in [0.1, 0.15) is 10.4 Å². The zero-order valence-electron chi connectivity index (χ0n) is 12.1. The van der Waals surface area contributed by atoms with Gasteiger partial charge in [-0.2, -0.15) is 0 Å². The molecule has 7 heteroatoms. The van der Waals surface area contributed by atoms with Gasteiger partial charge in [-0.05, 0) is 6.07 Å². The number of carbonyl (C=O) groups excluding carboxylic acids is 1. The monoisotopic (exact) mass is 283 g/mol. The Labute approximate surface area is 118 Å². The molecule has 112 valence electrons.